The van der Waals surface area contributed by atoms with Crippen LogP contribution in [0.15, 0.2) is 60.7 Å². The van der Waals surface area contributed by atoms with Gasteiger partial charge in [-0.3, -0.25) is 4.79 Å². The van der Waals surface area contributed by atoms with E-state index >= 15 is 0 Å². The maximum atomic E-state index is 12.1. The van der Waals surface area contributed by atoms with Gasteiger partial charge in [-0.05, 0) is 46.5 Å². The number of methoxy groups -OCH3 is 1. The van der Waals surface area contributed by atoms with E-state index in [0.717, 1.165) is 19.3 Å². The Hall–Kier alpha value is -1.91. The van der Waals surface area contributed by atoms with Crippen LogP contribution in [0.5, 0.6) is 0 Å². The van der Waals surface area contributed by atoms with Crippen LogP contribution in [0.4, 0.5) is 0 Å². The first kappa shape index (κ1) is 20.4. The molecule has 0 unspecified atom stereocenters. The summed E-state index contributed by atoms with van der Waals surface area (Å²) in [7, 11) is -1.02. The fourth-order valence-electron chi connectivity index (χ4n) is 5.73. The fourth-order valence-corrected chi connectivity index (χ4v) is 10.5. The van der Waals surface area contributed by atoms with Crippen LogP contribution in [-0.4, -0.2) is 27.5 Å². The van der Waals surface area contributed by atoms with Crippen LogP contribution in [0.1, 0.15) is 40.0 Å². The van der Waals surface area contributed by atoms with Crippen molar-refractivity contribution in [2.75, 3.05) is 7.11 Å². The van der Waals surface area contributed by atoms with Crippen molar-refractivity contribution in [3.63, 3.8) is 0 Å². The van der Waals surface area contributed by atoms with Crippen molar-refractivity contribution in [1.29, 1.82) is 0 Å². The topological polar surface area (TPSA) is 35.5 Å². The van der Waals surface area contributed by atoms with Gasteiger partial charge in [-0.15, -0.1) is 0 Å². The molecule has 0 spiro atoms. The van der Waals surface area contributed by atoms with Gasteiger partial charge >= 0.3 is 5.97 Å². The molecule has 2 fully saturated rings. The molecule has 4 heteroatoms. The smallest absolute Gasteiger partial charge is 0.308 e. The molecule has 3 nitrogen and oxygen atoms in total. The van der Waals surface area contributed by atoms with E-state index in [1.54, 1.807) is 0 Å². The fraction of sp³-hybridized carbons (Fsp3) is 0.480. The molecule has 2 aromatic carbocycles. The van der Waals surface area contributed by atoms with Crippen molar-refractivity contribution < 1.29 is 14.0 Å². The quantitative estimate of drug-likeness (QED) is 0.551. The lowest BCUT2D eigenvalue weighted by Gasteiger charge is -2.46. The van der Waals surface area contributed by atoms with E-state index in [2.05, 4.69) is 81.4 Å². The van der Waals surface area contributed by atoms with Gasteiger partial charge < -0.3 is 9.16 Å². The molecular formula is C25H32O3Si. The zero-order valence-electron chi connectivity index (χ0n) is 17.9. The van der Waals surface area contributed by atoms with Gasteiger partial charge in [0, 0.05) is 6.10 Å². The summed E-state index contributed by atoms with van der Waals surface area (Å²) in [6.07, 6.45) is 3.17. The second-order valence-electron chi connectivity index (χ2n) is 9.68. The summed E-state index contributed by atoms with van der Waals surface area (Å²) in [5.74, 6) is 0.867. The monoisotopic (exact) mass is 408 g/mol. The Morgan fingerprint density at radius 2 is 1.41 bits per heavy atom. The lowest BCUT2D eigenvalue weighted by Crippen LogP contribution is -2.68. The molecule has 0 amide bonds. The van der Waals surface area contributed by atoms with Crippen LogP contribution < -0.4 is 10.4 Å². The number of carbonyl (C=O) groups excluding carboxylic acids is 1. The number of ether oxygens (including phenoxy) is 1. The summed E-state index contributed by atoms with van der Waals surface area (Å²) in [5.41, 5.74) is 0. The number of hydrogen-bond donors (Lipinski definition) is 0. The minimum atomic E-state index is -2.53. The molecule has 0 radical (unpaired) electrons. The van der Waals surface area contributed by atoms with Gasteiger partial charge in [0.15, 0.2) is 0 Å². The predicted molar refractivity (Wildman–Crippen MR) is 119 cm³/mol. The van der Waals surface area contributed by atoms with Crippen molar-refractivity contribution in [2.24, 2.45) is 17.8 Å². The van der Waals surface area contributed by atoms with E-state index in [1.807, 2.05) is 0 Å². The normalized spacial score (nSPS) is 26.5. The minimum Gasteiger partial charge on any atom is -0.469 e. The van der Waals surface area contributed by atoms with Crippen molar-refractivity contribution in [3.8, 4) is 0 Å². The maximum Gasteiger partial charge on any atom is 0.308 e. The molecule has 0 heterocycles. The van der Waals surface area contributed by atoms with Gasteiger partial charge in [0.25, 0.3) is 8.32 Å². The largest absolute Gasteiger partial charge is 0.469 e. The highest BCUT2D eigenvalue weighted by Crippen LogP contribution is 2.52. The van der Waals surface area contributed by atoms with E-state index < -0.39 is 8.32 Å². The Morgan fingerprint density at radius 3 is 1.83 bits per heavy atom. The molecule has 0 N–H and O–H groups in total. The summed E-state index contributed by atoms with van der Waals surface area (Å²) in [6.45, 7) is 6.97. The summed E-state index contributed by atoms with van der Waals surface area (Å²) >= 11 is 0. The van der Waals surface area contributed by atoms with Crippen LogP contribution in [0.3, 0.4) is 0 Å². The zero-order chi connectivity index (χ0) is 20.6. The standard InChI is InChI=1S/C25H32O3Si/c1-25(2,3)29(20-11-7-5-8-12-20,21-13-9-6-10-14-21)28-23-17-18-15-19(23)16-22(18)24(26)27-4/h5-14,18-19,22-23H,15-17H2,1-4H3/t18-,19-,22-,23+/m1/s1. The lowest BCUT2D eigenvalue weighted by atomic mass is 9.87. The first-order valence-corrected chi connectivity index (χ1v) is 12.6. The highest BCUT2D eigenvalue weighted by Gasteiger charge is 2.56. The van der Waals surface area contributed by atoms with Gasteiger partial charge in [0.05, 0.1) is 13.0 Å². The number of fused-ring (bicyclic) bond motifs is 2. The van der Waals surface area contributed by atoms with Crippen LogP contribution in [0, 0.1) is 17.8 Å². The van der Waals surface area contributed by atoms with E-state index in [9.17, 15) is 4.79 Å². The molecule has 29 heavy (non-hydrogen) atoms. The van der Waals surface area contributed by atoms with E-state index in [1.165, 1.54) is 17.5 Å². The summed E-state index contributed by atoms with van der Waals surface area (Å²) in [4.78, 5) is 12.1. The van der Waals surface area contributed by atoms with Crippen LogP contribution in [-0.2, 0) is 14.0 Å². The van der Waals surface area contributed by atoms with Gasteiger partial charge in [0.2, 0.25) is 0 Å². The predicted octanol–water partition coefficient (Wildman–Crippen LogP) is 4.15. The molecule has 154 valence electrons. The first-order chi connectivity index (χ1) is 13.9. The summed E-state index contributed by atoms with van der Waals surface area (Å²) in [5, 5.41) is 2.64. The number of rotatable bonds is 5. The van der Waals surface area contributed by atoms with E-state index in [-0.39, 0.29) is 23.0 Å². The number of esters is 1. The van der Waals surface area contributed by atoms with Crippen molar-refractivity contribution >= 4 is 24.7 Å². The number of carbonyl (C=O) groups is 1. The first-order valence-electron chi connectivity index (χ1n) is 10.7. The van der Waals surface area contributed by atoms with Crippen LogP contribution in [0.2, 0.25) is 5.04 Å². The zero-order valence-corrected chi connectivity index (χ0v) is 18.9. The summed E-state index contributed by atoms with van der Waals surface area (Å²) < 4.78 is 12.4. The molecule has 2 bridgehead atoms. The molecular weight excluding hydrogens is 376 g/mol. The molecule has 4 atom stereocenters. The maximum absolute atomic E-state index is 12.1. The second-order valence-corrected chi connectivity index (χ2v) is 13.9. The van der Waals surface area contributed by atoms with Gasteiger partial charge in [-0.1, -0.05) is 81.4 Å². The van der Waals surface area contributed by atoms with Gasteiger partial charge in [-0.2, -0.15) is 0 Å². The van der Waals surface area contributed by atoms with E-state index in [4.69, 9.17) is 9.16 Å². The third-order valence-electron chi connectivity index (χ3n) is 7.04. The average Bonchev–Trinajstić information content (AvgIpc) is 3.32. The molecule has 4 rings (SSSR count). The Morgan fingerprint density at radius 1 is 0.862 bits per heavy atom. The molecule has 2 saturated carbocycles. The number of hydrogen-bond acceptors (Lipinski definition) is 3. The molecule has 2 aliphatic carbocycles. The minimum absolute atomic E-state index is 0.0146. The lowest BCUT2D eigenvalue weighted by molar-refractivity contribution is -0.147. The van der Waals surface area contributed by atoms with Crippen LogP contribution in [0.25, 0.3) is 0 Å². The Balaban J connectivity index is 1.72. The Labute approximate surface area is 175 Å². The summed E-state index contributed by atoms with van der Waals surface area (Å²) in [6, 6.07) is 21.6. The second kappa shape index (κ2) is 7.73. The molecule has 0 saturated heterocycles. The van der Waals surface area contributed by atoms with Crippen molar-refractivity contribution in [3.05, 3.63) is 60.7 Å². The SMILES string of the molecule is COC(=O)[C@@H]1C[C@H]2C[C@@H]1C[C@@H]2O[Si](c1ccccc1)(c1ccccc1)C(C)(C)C. The Kier molecular flexibility index (Phi) is 5.43. The van der Waals surface area contributed by atoms with Crippen LogP contribution >= 0.6 is 0 Å². The third kappa shape index (κ3) is 3.47. The molecule has 2 aliphatic rings. The number of benzene rings is 2. The van der Waals surface area contributed by atoms with Gasteiger partial charge in [-0.25, -0.2) is 0 Å². The Bertz CT molecular complexity index is 804. The van der Waals surface area contributed by atoms with Gasteiger partial charge in [0.1, 0.15) is 0 Å². The third-order valence-corrected chi connectivity index (χ3v) is 12.1. The average molecular weight is 409 g/mol. The highest BCUT2D eigenvalue weighted by atomic mass is 28.4. The van der Waals surface area contributed by atoms with Crippen molar-refractivity contribution in [1.82, 2.24) is 0 Å². The van der Waals surface area contributed by atoms with E-state index in [0.29, 0.717) is 11.8 Å². The van der Waals surface area contributed by atoms with Crippen molar-refractivity contribution in [2.45, 2.75) is 51.2 Å². The molecule has 0 aliphatic heterocycles. The molecule has 0 aromatic heterocycles. The highest BCUT2D eigenvalue weighted by molar-refractivity contribution is 6.99. The molecule has 2 aromatic rings.